The van der Waals surface area contributed by atoms with Crippen molar-refractivity contribution in [1.29, 1.82) is 0 Å². The third kappa shape index (κ3) is 1.10. The number of allylic oxidation sites excluding steroid dienone is 2. The smallest absolute Gasteiger partial charge is 0.00148 e. The Morgan fingerprint density at radius 2 is 1.90 bits per heavy atom. The van der Waals surface area contributed by atoms with Gasteiger partial charge < -0.3 is 5.32 Å². The fourth-order valence-electron chi connectivity index (χ4n) is 2.11. The van der Waals surface area contributed by atoms with Crippen molar-refractivity contribution in [3.8, 4) is 0 Å². The van der Waals surface area contributed by atoms with Gasteiger partial charge in [0.25, 0.3) is 0 Å². The van der Waals surface area contributed by atoms with Crippen LogP contribution in [-0.4, -0.2) is 13.1 Å². The number of rotatable bonds is 0. The summed E-state index contributed by atoms with van der Waals surface area (Å²) in [5.41, 5.74) is 0. The monoisotopic (exact) mass is 137 g/mol. The Balaban J connectivity index is 2.01. The Morgan fingerprint density at radius 1 is 1.10 bits per heavy atom. The number of fused-ring (bicyclic) bond motifs is 1. The molecule has 2 aliphatic rings. The van der Waals surface area contributed by atoms with Crippen molar-refractivity contribution >= 4 is 0 Å². The highest BCUT2D eigenvalue weighted by Gasteiger charge is 2.24. The molecule has 10 heavy (non-hydrogen) atoms. The first-order chi connectivity index (χ1) is 4.97. The van der Waals surface area contributed by atoms with Gasteiger partial charge in [-0.15, -0.1) is 0 Å². The van der Waals surface area contributed by atoms with Gasteiger partial charge in [-0.2, -0.15) is 0 Å². The highest BCUT2D eigenvalue weighted by atomic mass is 14.9. The molecule has 0 bridgehead atoms. The zero-order valence-corrected chi connectivity index (χ0v) is 6.34. The lowest BCUT2D eigenvalue weighted by Crippen LogP contribution is -2.37. The molecule has 0 unspecified atom stereocenters. The van der Waals surface area contributed by atoms with E-state index in [4.69, 9.17) is 0 Å². The van der Waals surface area contributed by atoms with Crippen LogP contribution in [0.2, 0.25) is 0 Å². The summed E-state index contributed by atoms with van der Waals surface area (Å²) in [7, 11) is 0. The van der Waals surface area contributed by atoms with Crippen molar-refractivity contribution in [3.05, 3.63) is 12.2 Å². The first kappa shape index (κ1) is 6.41. The molecule has 0 aromatic heterocycles. The van der Waals surface area contributed by atoms with Gasteiger partial charge in [0.1, 0.15) is 0 Å². The second-order valence-electron chi connectivity index (χ2n) is 3.46. The summed E-state index contributed by atoms with van der Waals surface area (Å²) in [6.07, 6.45) is 8.75. The number of piperidine rings is 1. The lowest BCUT2D eigenvalue weighted by Gasteiger charge is -2.33. The summed E-state index contributed by atoms with van der Waals surface area (Å²) < 4.78 is 0. The normalized spacial score (nSPS) is 39.2. The third-order valence-electron chi connectivity index (χ3n) is 2.81. The lowest BCUT2D eigenvalue weighted by molar-refractivity contribution is 0.248. The molecule has 0 amide bonds. The lowest BCUT2D eigenvalue weighted by atomic mass is 9.79. The highest BCUT2D eigenvalue weighted by Crippen LogP contribution is 2.29. The van der Waals surface area contributed by atoms with Crippen LogP contribution in [0.5, 0.6) is 0 Å². The first-order valence-electron chi connectivity index (χ1n) is 4.32. The van der Waals surface area contributed by atoms with Gasteiger partial charge in [0.2, 0.25) is 0 Å². The number of hydrogen-bond donors (Lipinski definition) is 1. The quantitative estimate of drug-likeness (QED) is 0.500. The van der Waals surface area contributed by atoms with Crippen molar-refractivity contribution in [2.24, 2.45) is 11.8 Å². The summed E-state index contributed by atoms with van der Waals surface area (Å²) in [5.74, 6) is 1.96. The van der Waals surface area contributed by atoms with Gasteiger partial charge in [-0.05, 0) is 44.2 Å². The molecule has 1 aliphatic carbocycles. The minimum absolute atomic E-state index is 0.957. The van der Waals surface area contributed by atoms with Gasteiger partial charge in [0, 0.05) is 0 Å². The highest BCUT2D eigenvalue weighted by molar-refractivity contribution is 4.96. The van der Waals surface area contributed by atoms with Crippen molar-refractivity contribution in [2.45, 2.75) is 19.3 Å². The molecule has 0 saturated carbocycles. The van der Waals surface area contributed by atoms with E-state index in [0.717, 1.165) is 11.8 Å². The van der Waals surface area contributed by atoms with Gasteiger partial charge in [-0.3, -0.25) is 0 Å². The SMILES string of the molecule is C1=CC[C@H]2CNCC[C@H]2C1. The van der Waals surface area contributed by atoms with Crippen LogP contribution < -0.4 is 5.32 Å². The van der Waals surface area contributed by atoms with E-state index >= 15 is 0 Å². The molecule has 1 heteroatoms. The molecule has 2 rings (SSSR count). The predicted molar refractivity (Wildman–Crippen MR) is 42.8 cm³/mol. The topological polar surface area (TPSA) is 12.0 Å². The molecule has 1 heterocycles. The van der Waals surface area contributed by atoms with E-state index in [1.54, 1.807) is 0 Å². The second-order valence-corrected chi connectivity index (χ2v) is 3.46. The molecule has 56 valence electrons. The molecular weight excluding hydrogens is 122 g/mol. The second kappa shape index (κ2) is 2.75. The minimum atomic E-state index is 0.957. The summed E-state index contributed by atoms with van der Waals surface area (Å²) in [6, 6.07) is 0. The van der Waals surface area contributed by atoms with Crippen molar-refractivity contribution < 1.29 is 0 Å². The Bertz CT molecular complexity index is 124. The fourth-order valence-corrected chi connectivity index (χ4v) is 2.11. The van der Waals surface area contributed by atoms with Crippen LogP contribution in [0.15, 0.2) is 12.2 Å². The number of hydrogen-bond acceptors (Lipinski definition) is 1. The molecule has 1 saturated heterocycles. The zero-order chi connectivity index (χ0) is 6.81. The molecule has 1 fully saturated rings. The van der Waals surface area contributed by atoms with E-state index in [1.807, 2.05) is 0 Å². The fraction of sp³-hybridized carbons (Fsp3) is 0.778. The van der Waals surface area contributed by atoms with E-state index in [2.05, 4.69) is 17.5 Å². The van der Waals surface area contributed by atoms with Crippen LogP contribution in [0, 0.1) is 11.8 Å². The summed E-state index contributed by atoms with van der Waals surface area (Å²) in [4.78, 5) is 0. The van der Waals surface area contributed by atoms with Crippen LogP contribution in [0.1, 0.15) is 19.3 Å². The van der Waals surface area contributed by atoms with E-state index in [1.165, 1.54) is 32.4 Å². The maximum absolute atomic E-state index is 3.45. The Hall–Kier alpha value is -0.300. The van der Waals surface area contributed by atoms with Crippen molar-refractivity contribution in [1.82, 2.24) is 5.32 Å². The van der Waals surface area contributed by atoms with Crippen LogP contribution in [0.4, 0.5) is 0 Å². The Morgan fingerprint density at radius 3 is 2.70 bits per heavy atom. The van der Waals surface area contributed by atoms with E-state index < -0.39 is 0 Å². The maximum Gasteiger partial charge on any atom is -0.00148 e. The Kier molecular flexibility index (Phi) is 1.76. The van der Waals surface area contributed by atoms with Gasteiger partial charge in [-0.1, -0.05) is 12.2 Å². The number of nitrogens with one attached hydrogen (secondary N) is 1. The van der Waals surface area contributed by atoms with E-state index in [0.29, 0.717) is 0 Å². The molecule has 1 N–H and O–H groups in total. The van der Waals surface area contributed by atoms with E-state index in [9.17, 15) is 0 Å². The van der Waals surface area contributed by atoms with Gasteiger partial charge >= 0.3 is 0 Å². The van der Waals surface area contributed by atoms with Crippen LogP contribution in [0.3, 0.4) is 0 Å². The largest absolute Gasteiger partial charge is 0.316 e. The molecule has 0 aromatic rings. The summed E-state index contributed by atoms with van der Waals surface area (Å²) in [6.45, 7) is 2.50. The third-order valence-corrected chi connectivity index (χ3v) is 2.81. The first-order valence-corrected chi connectivity index (χ1v) is 4.32. The standard InChI is InChI=1S/C9H15N/c1-2-4-9-7-10-6-5-8(9)3-1/h1-2,8-10H,3-7H2/t8-,9+/m1/s1. The van der Waals surface area contributed by atoms with Crippen molar-refractivity contribution in [3.63, 3.8) is 0 Å². The summed E-state index contributed by atoms with van der Waals surface area (Å²) in [5, 5.41) is 3.45. The molecular formula is C9H15N. The average Bonchev–Trinajstić information content (AvgIpc) is 2.05. The molecule has 1 nitrogen and oxygen atoms in total. The van der Waals surface area contributed by atoms with Gasteiger partial charge in [0.05, 0.1) is 0 Å². The molecule has 1 aliphatic heterocycles. The van der Waals surface area contributed by atoms with Crippen molar-refractivity contribution in [2.75, 3.05) is 13.1 Å². The van der Waals surface area contributed by atoms with Gasteiger partial charge in [-0.25, -0.2) is 0 Å². The molecule has 2 atom stereocenters. The van der Waals surface area contributed by atoms with Crippen LogP contribution in [0.25, 0.3) is 0 Å². The molecule has 0 radical (unpaired) electrons. The maximum atomic E-state index is 3.45. The molecule has 0 spiro atoms. The van der Waals surface area contributed by atoms with Gasteiger partial charge in [0.15, 0.2) is 0 Å². The molecule has 0 aromatic carbocycles. The van der Waals surface area contributed by atoms with Crippen LogP contribution >= 0.6 is 0 Å². The zero-order valence-electron chi connectivity index (χ0n) is 6.34. The van der Waals surface area contributed by atoms with E-state index in [-0.39, 0.29) is 0 Å². The minimum Gasteiger partial charge on any atom is -0.316 e. The average molecular weight is 137 g/mol. The predicted octanol–water partition coefficient (Wildman–Crippen LogP) is 1.56. The summed E-state index contributed by atoms with van der Waals surface area (Å²) >= 11 is 0. The van der Waals surface area contributed by atoms with Crippen LogP contribution in [-0.2, 0) is 0 Å². The Labute approximate surface area is 62.5 Å².